The molecule has 20 heavy (non-hydrogen) atoms. The zero-order chi connectivity index (χ0) is 15.8. The smallest absolute Gasteiger partial charge is 0.323 e. The van der Waals surface area contributed by atoms with E-state index >= 15 is 0 Å². The Morgan fingerprint density at radius 1 is 1.30 bits per heavy atom. The van der Waals surface area contributed by atoms with Crippen LogP contribution in [-0.2, 0) is 4.79 Å². The SMILES string of the molecule is CCCC(C)N(C)CCCC(CC)(NC(C)C)C(=O)O. The minimum atomic E-state index is -0.775. The van der Waals surface area contributed by atoms with Gasteiger partial charge in [0.15, 0.2) is 0 Å². The van der Waals surface area contributed by atoms with Crippen LogP contribution in [0.15, 0.2) is 0 Å². The zero-order valence-corrected chi connectivity index (χ0v) is 14.2. The van der Waals surface area contributed by atoms with Crippen molar-refractivity contribution in [3.05, 3.63) is 0 Å². The van der Waals surface area contributed by atoms with E-state index in [0.717, 1.165) is 13.0 Å². The molecule has 120 valence electrons. The lowest BCUT2D eigenvalue weighted by Gasteiger charge is -2.33. The third kappa shape index (κ3) is 6.23. The molecule has 0 aliphatic heterocycles. The Labute approximate surface area is 124 Å². The Bertz CT molecular complexity index is 282. The van der Waals surface area contributed by atoms with E-state index in [9.17, 15) is 9.90 Å². The van der Waals surface area contributed by atoms with Crippen molar-refractivity contribution in [2.24, 2.45) is 0 Å². The molecule has 0 aliphatic carbocycles. The molecule has 2 atom stereocenters. The first-order valence-electron chi connectivity index (χ1n) is 8.00. The summed E-state index contributed by atoms with van der Waals surface area (Å²) in [6.45, 7) is 11.3. The Kier molecular flexibility index (Phi) is 9.06. The van der Waals surface area contributed by atoms with Gasteiger partial charge in [0.2, 0.25) is 0 Å². The predicted molar refractivity (Wildman–Crippen MR) is 85.2 cm³/mol. The largest absolute Gasteiger partial charge is 0.480 e. The summed E-state index contributed by atoms with van der Waals surface area (Å²) in [4.78, 5) is 14.0. The lowest BCUT2D eigenvalue weighted by molar-refractivity contribution is -0.145. The second kappa shape index (κ2) is 9.35. The van der Waals surface area contributed by atoms with Crippen molar-refractivity contribution < 1.29 is 9.90 Å². The van der Waals surface area contributed by atoms with Gasteiger partial charge in [0.05, 0.1) is 0 Å². The molecule has 0 aliphatic rings. The molecule has 0 radical (unpaired) electrons. The summed E-state index contributed by atoms with van der Waals surface area (Å²) in [5.74, 6) is -0.724. The standard InChI is InChI=1S/C16H34N2O2/c1-7-10-14(5)18(6)12-9-11-16(8-2,15(19)20)17-13(3)4/h13-14,17H,7-12H2,1-6H3,(H,19,20). The van der Waals surface area contributed by atoms with Crippen LogP contribution in [0.5, 0.6) is 0 Å². The first kappa shape index (κ1) is 19.4. The van der Waals surface area contributed by atoms with E-state index in [2.05, 4.69) is 31.1 Å². The maximum absolute atomic E-state index is 11.6. The Hall–Kier alpha value is -0.610. The molecule has 4 heteroatoms. The molecule has 0 bridgehead atoms. The minimum Gasteiger partial charge on any atom is -0.480 e. The van der Waals surface area contributed by atoms with Crippen LogP contribution in [0, 0.1) is 0 Å². The molecule has 2 N–H and O–H groups in total. The van der Waals surface area contributed by atoms with Gasteiger partial charge in [0, 0.05) is 12.1 Å². The molecule has 4 nitrogen and oxygen atoms in total. The first-order chi connectivity index (χ1) is 9.29. The van der Waals surface area contributed by atoms with Crippen molar-refractivity contribution in [3.8, 4) is 0 Å². The molecule has 0 aromatic carbocycles. The number of carboxylic acid groups (broad SMARTS) is 1. The van der Waals surface area contributed by atoms with Crippen molar-refractivity contribution in [2.75, 3.05) is 13.6 Å². The Balaban J connectivity index is 4.44. The van der Waals surface area contributed by atoms with E-state index in [1.807, 2.05) is 20.8 Å². The second-order valence-corrected chi connectivity index (χ2v) is 6.26. The van der Waals surface area contributed by atoms with Gasteiger partial charge in [-0.05, 0) is 60.0 Å². The van der Waals surface area contributed by atoms with Gasteiger partial charge in [0.25, 0.3) is 0 Å². The third-order valence-corrected chi connectivity index (χ3v) is 4.15. The predicted octanol–water partition coefficient (Wildman–Crippen LogP) is 3.12. The Morgan fingerprint density at radius 3 is 2.30 bits per heavy atom. The van der Waals surface area contributed by atoms with E-state index in [4.69, 9.17) is 0 Å². The highest BCUT2D eigenvalue weighted by atomic mass is 16.4. The summed E-state index contributed by atoms with van der Waals surface area (Å²) >= 11 is 0. The maximum Gasteiger partial charge on any atom is 0.323 e. The molecule has 0 aromatic heterocycles. The summed E-state index contributed by atoms with van der Waals surface area (Å²) in [5.41, 5.74) is -0.775. The van der Waals surface area contributed by atoms with Crippen LogP contribution in [-0.4, -0.2) is 47.2 Å². The number of hydrogen-bond acceptors (Lipinski definition) is 3. The van der Waals surface area contributed by atoms with E-state index in [1.54, 1.807) is 0 Å². The quantitative estimate of drug-likeness (QED) is 0.613. The number of carbonyl (C=O) groups is 1. The highest BCUT2D eigenvalue weighted by Gasteiger charge is 2.36. The lowest BCUT2D eigenvalue weighted by Crippen LogP contribution is -2.54. The summed E-state index contributed by atoms with van der Waals surface area (Å²) in [7, 11) is 2.13. The molecule has 2 unspecified atom stereocenters. The number of nitrogens with zero attached hydrogens (tertiary/aromatic N) is 1. The third-order valence-electron chi connectivity index (χ3n) is 4.15. The van der Waals surface area contributed by atoms with Crippen molar-refractivity contribution in [1.82, 2.24) is 10.2 Å². The van der Waals surface area contributed by atoms with E-state index < -0.39 is 11.5 Å². The van der Waals surface area contributed by atoms with Gasteiger partial charge in [-0.15, -0.1) is 0 Å². The van der Waals surface area contributed by atoms with Gasteiger partial charge in [-0.25, -0.2) is 0 Å². The highest BCUT2D eigenvalue weighted by Crippen LogP contribution is 2.20. The number of hydrogen-bond donors (Lipinski definition) is 2. The zero-order valence-electron chi connectivity index (χ0n) is 14.2. The maximum atomic E-state index is 11.6. The van der Waals surface area contributed by atoms with Gasteiger partial charge in [-0.3, -0.25) is 10.1 Å². The molecule has 0 rings (SSSR count). The number of nitrogens with one attached hydrogen (secondary N) is 1. The first-order valence-corrected chi connectivity index (χ1v) is 8.00. The van der Waals surface area contributed by atoms with Crippen LogP contribution in [0.3, 0.4) is 0 Å². The molecule has 0 saturated carbocycles. The van der Waals surface area contributed by atoms with E-state index in [0.29, 0.717) is 18.9 Å². The fourth-order valence-corrected chi connectivity index (χ4v) is 2.71. The average molecular weight is 286 g/mol. The minimum absolute atomic E-state index is 0.183. The van der Waals surface area contributed by atoms with Crippen molar-refractivity contribution in [3.63, 3.8) is 0 Å². The lowest BCUT2D eigenvalue weighted by atomic mass is 9.89. The van der Waals surface area contributed by atoms with E-state index in [1.165, 1.54) is 12.8 Å². The molecule has 0 heterocycles. The molecule has 0 saturated heterocycles. The summed E-state index contributed by atoms with van der Waals surface area (Å²) in [6.07, 6.45) is 4.59. The fourth-order valence-electron chi connectivity index (χ4n) is 2.71. The van der Waals surface area contributed by atoms with Gasteiger partial charge in [0.1, 0.15) is 5.54 Å². The number of rotatable bonds is 11. The summed E-state index contributed by atoms with van der Waals surface area (Å²) in [5, 5.41) is 12.8. The molecule has 0 fully saturated rings. The normalized spacial score (nSPS) is 16.4. The monoisotopic (exact) mass is 286 g/mol. The Morgan fingerprint density at radius 2 is 1.90 bits per heavy atom. The van der Waals surface area contributed by atoms with Gasteiger partial charge in [-0.1, -0.05) is 20.3 Å². The van der Waals surface area contributed by atoms with Crippen molar-refractivity contribution >= 4 is 5.97 Å². The van der Waals surface area contributed by atoms with Crippen LogP contribution in [0.4, 0.5) is 0 Å². The topological polar surface area (TPSA) is 52.6 Å². The molecule has 0 amide bonds. The summed E-state index contributed by atoms with van der Waals surface area (Å²) < 4.78 is 0. The van der Waals surface area contributed by atoms with Crippen molar-refractivity contribution in [1.29, 1.82) is 0 Å². The summed E-state index contributed by atoms with van der Waals surface area (Å²) in [6, 6.07) is 0.752. The molecular weight excluding hydrogens is 252 g/mol. The highest BCUT2D eigenvalue weighted by molar-refractivity contribution is 5.78. The van der Waals surface area contributed by atoms with Gasteiger partial charge >= 0.3 is 5.97 Å². The van der Waals surface area contributed by atoms with Crippen molar-refractivity contribution in [2.45, 2.75) is 84.3 Å². The van der Waals surface area contributed by atoms with Crippen LogP contribution in [0.25, 0.3) is 0 Å². The molecule has 0 aromatic rings. The second-order valence-electron chi connectivity index (χ2n) is 6.26. The number of carboxylic acids is 1. The molecule has 0 spiro atoms. The van der Waals surface area contributed by atoms with Crippen LogP contribution >= 0.6 is 0 Å². The van der Waals surface area contributed by atoms with Crippen LogP contribution in [0.1, 0.15) is 66.7 Å². The van der Waals surface area contributed by atoms with Crippen LogP contribution < -0.4 is 5.32 Å². The molecular formula is C16H34N2O2. The van der Waals surface area contributed by atoms with Gasteiger partial charge in [-0.2, -0.15) is 0 Å². The fraction of sp³-hybridized carbons (Fsp3) is 0.938. The van der Waals surface area contributed by atoms with E-state index in [-0.39, 0.29) is 6.04 Å². The number of aliphatic carboxylic acids is 1. The van der Waals surface area contributed by atoms with Crippen LogP contribution in [0.2, 0.25) is 0 Å². The van der Waals surface area contributed by atoms with Gasteiger partial charge < -0.3 is 10.0 Å². The average Bonchev–Trinajstić information content (AvgIpc) is 2.36.